The van der Waals surface area contributed by atoms with E-state index in [9.17, 15) is 8.42 Å². The van der Waals surface area contributed by atoms with Crippen molar-refractivity contribution in [2.45, 2.75) is 13.3 Å². The van der Waals surface area contributed by atoms with Gasteiger partial charge in [-0.15, -0.1) is 0 Å². The van der Waals surface area contributed by atoms with Gasteiger partial charge in [-0.05, 0) is 61.6 Å². The summed E-state index contributed by atoms with van der Waals surface area (Å²) in [5.41, 5.74) is 6.13. The van der Waals surface area contributed by atoms with Crippen molar-refractivity contribution in [3.8, 4) is 5.75 Å². The molecule has 3 aliphatic heterocycles. The summed E-state index contributed by atoms with van der Waals surface area (Å²) < 4.78 is 32.4. The lowest BCUT2D eigenvalue weighted by Gasteiger charge is -2.25. The number of H-pyrrole nitrogens is 1. The van der Waals surface area contributed by atoms with Crippen molar-refractivity contribution in [2.75, 3.05) is 73.0 Å². The smallest absolute Gasteiger partial charge is 0.232 e. The highest BCUT2D eigenvalue weighted by atomic mass is 32.2. The molecule has 3 aliphatic rings. The van der Waals surface area contributed by atoms with Crippen LogP contribution in [0.2, 0.25) is 0 Å². The minimum Gasteiger partial charge on any atom is -0.494 e. The lowest BCUT2D eigenvalue weighted by molar-refractivity contribution is 0.387. The molecular weight excluding hydrogens is 552 g/mol. The number of anilines is 6. The lowest BCUT2D eigenvalue weighted by Crippen LogP contribution is -2.28. The monoisotopic (exact) mass is 588 g/mol. The Bertz CT molecular complexity index is 1770. The zero-order valence-electron chi connectivity index (χ0n) is 24.3. The van der Waals surface area contributed by atoms with Crippen molar-refractivity contribution < 1.29 is 13.2 Å². The molecule has 0 spiro atoms. The molecule has 3 N–H and O–H groups in total. The van der Waals surface area contributed by atoms with E-state index in [1.807, 2.05) is 30.5 Å². The van der Waals surface area contributed by atoms with Crippen LogP contribution in [-0.4, -0.2) is 81.4 Å². The molecule has 2 atom stereocenters. The van der Waals surface area contributed by atoms with Gasteiger partial charge in [0.1, 0.15) is 17.2 Å². The number of fused-ring (bicyclic) bond motifs is 3. The summed E-state index contributed by atoms with van der Waals surface area (Å²) in [5, 5.41) is 7.59. The van der Waals surface area contributed by atoms with Crippen LogP contribution in [0.4, 0.5) is 34.5 Å². The molecule has 0 radical (unpaired) electrons. The van der Waals surface area contributed by atoms with Gasteiger partial charge >= 0.3 is 0 Å². The molecule has 11 nitrogen and oxygen atoms in total. The maximum absolute atomic E-state index is 12.5. The molecule has 4 aromatic rings. The van der Waals surface area contributed by atoms with Gasteiger partial charge in [-0.2, -0.15) is 9.97 Å². The zero-order chi connectivity index (χ0) is 29.2. The summed E-state index contributed by atoms with van der Waals surface area (Å²) in [6, 6.07) is 11.9. The second-order valence-electron chi connectivity index (χ2n) is 11.8. The number of para-hydroxylation sites is 1. The third-order valence-corrected chi connectivity index (χ3v) is 9.96. The third-order valence-electron chi connectivity index (χ3n) is 8.80. The van der Waals surface area contributed by atoms with Gasteiger partial charge in [0.2, 0.25) is 16.0 Å². The quantitative estimate of drug-likeness (QED) is 0.293. The first-order valence-electron chi connectivity index (χ1n) is 14.3. The molecule has 0 aliphatic carbocycles. The Balaban J connectivity index is 1.20. The number of nitrogens with one attached hydrogen (secondary N) is 3. The van der Waals surface area contributed by atoms with E-state index in [0.29, 0.717) is 53.6 Å². The number of hydrogen-bond acceptors (Lipinski definition) is 9. The summed E-state index contributed by atoms with van der Waals surface area (Å²) in [4.78, 5) is 17.7. The van der Waals surface area contributed by atoms with E-state index < -0.39 is 10.0 Å². The molecule has 7 rings (SSSR count). The molecule has 12 heteroatoms. The summed E-state index contributed by atoms with van der Waals surface area (Å²) in [7, 11) is 0.472. The Morgan fingerprint density at radius 3 is 2.55 bits per heavy atom. The van der Waals surface area contributed by atoms with E-state index in [1.165, 1.54) is 16.2 Å². The number of hydrogen-bond donors (Lipinski definition) is 3. The van der Waals surface area contributed by atoms with Gasteiger partial charge in [-0.25, -0.2) is 8.42 Å². The predicted molar refractivity (Wildman–Crippen MR) is 167 cm³/mol. The van der Waals surface area contributed by atoms with Gasteiger partial charge in [0.15, 0.2) is 0 Å². The van der Waals surface area contributed by atoms with Crippen LogP contribution in [-0.2, 0) is 16.4 Å². The van der Waals surface area contributed by atoms with Gasteiger partial charge in [-0.3, -0.25) is 4.31 Å². The Morgan fingerprint density at radius 2 is 1.81 bits per heavy atom. The first kappa shape index (κ1) is 26.8. The molecule has 0 saturated carbocycles. The minimum absolute atomic E-state index is 0.393. The van der Waals surface area contributed by atoms with Crippen LogP contribution >= 0.6 is 0 Å². The molecule has 5 heterocycles. The molecule has 0 unspecified atom stereocenters. The van der Waals surface area contributed by atoms with E-state index in [4.69, 9.17) is 14.7 Å². The van der Waals surface area contributed by atoms with Crippen LogP contribution in [0.5, 0.6) is 5.75 Å². The highest BCUT2D eigenvalue weighted by Gasteiger charge is 2.39. The molecule has 0 bridgehead atoms. The summed E-state index contributed by atoms with van der Waals surface area (Å²) in [5.74, 6) is 3.10. The van der Waals surface area contributed by atoms with Crippen molar-refractivity contribution in [3.05, 3.63) is 53.7 Å². The molecule has 42 heavy (non-hydrogen) atoms. The van der Waals surface area contributed by atoms with Crippen LogP contribution < -0.4 is 24.6 Å². The number of aryl methyl sites for hydroxylation is 1. The zero-order valence-corrected chi connectivity index (χ0v) is 25.1. The standard InChI is InChI=1S/C30H36N8O3S/c1-18-12-24(26(41-3)13-25(18)37-16-20-14-36(2)15-21(20)17-37)33-30-34-28-22(8-10-31-28)29(35-30)32-23-7-5-6-19-9-11-38(27(19)23)42(4,39)40/h5-8,10,12-13,20-21H,9,11,14-17H2,1-4H3,(H3,31,32,33,34,35)/t20-,21+. The summed E-state index contributed by atoms with van der Waals surface area (Å²) in [6.45, 7) is 6.99. The van der Waals surface area contributed by atoms with Crippen LogP contribution in [0.25, 0.3) is 11.0 Å². The van der Waals surface area contributed by atoms with Crippen LogP contribution in [0, 0.1) is 18.8 Å². The minimum atomic E-state index is -3.42. The van der Waals surface area contributed by atoms with Crippen LogP contribution in [0.1, 0.15) is 11.1 Å². The normalized spacial score (nSPS) is 20.3. The van der Waals surface area contributed by atoms with Crippen molar-refractivity contribution in [3.63, 3.8) is 0 Å². The fraction of sp³-hybridized carbons (Fsp3) is 0.400. The number of benzene rings is 2. The molecule has 0 amide bonds. The van der Waals surface area contributed by atoms with Crippen LogP contribution in [0.15, 0.2) is 42.6 Å². The number of aromatic nitrogens is 3. The van der Waals surface area contributed by atoms with Gasteiger partial charge < -0.3 is 30.2 Å². The SMILES string of the molecule is COc1cc(N2C[C@H]3CN(C)C[C@H]3C2)c(C)cc1Nc1nc(Nc2cccc3c2N(S(C)(=O)=O)CC3)c2cc[nH]c2n1. The van der Waals surface area contributed by atoms with E-state index >= 15 is 0 Å². The molecule has 2 fully saturated rings. The number of likely N-dealkylation sites (tertiary alicyclic amines) is 1. The fourth-order valence-corrected chi connectivity index (χ4v) is 7.87. The second kappa shape index (κ2) is 10.1. The summed E-state index contributed by atoms with van der Waals surface area (Å²) >= 11 is 0. The molecular formula is C30H36N8O3S. The number of ether oxygens (including phenoxy) is 1. The van der Waals surface area contributed by atoms with Gasteiger partial charge in [0.05, 0.1) is 35.8 Å². The number of rotatable bonds is 7. The number of methoxy groups -OCH3 is 1. The topological polar surface area (TPSA) is 119 Å². The molecule has 220 valence electrons. The highest BCUT2D eigenvalue weighted by Crippen LogP contribution is 2.41. The molecule has 2 saturated heterocycles. The van der Waals surface area contributed by atoms with E-state index in [2.05, 4.69) is 51.5 Å². The second-order valence-corrected chi connectivity index (χ2v) is 13.7. The third kappa shape index (κ3) is 4.68. The maximum Gasteiger partial charge on any atom is 0.232 e. The average Bonchev–Trinajstić information content (AvgIpc) is 3.71. The average molecular weight is 589 g/mol. The Kier molecular flexibility index (Phi) is 6.43. The predicted octanol–water partition coefficient (Wildman–Crippen LogP) is 4.08. The van der Waals surface area contributed by atoms with Gasteiger partial charge in [-0.1, -0.05) is 12.1 Å². The number of nitrogens with zero attached hydrogens (tertiary/aromatic N) is 5. The van der Waals surface area contributed by atoms with E-state index in [0.717, 1.165) is 54.1 Å². The largest absolute Gasteiger partial charge is 0.494 e. The summed E-state index contributed by atoms with van der Waals surface area (Å²) in [6.07, 6.45) is 3.72. The van der Waals surface area contributed by atoms with Crippen LogP contribution in [0.3, 0.4) is 0 Å². The Morgan fingerprint density at radius 1 is 1.02 bits per heavy atom. The van der Waals surface area contributed by atoms with Crippen molar-refractivity contribution >= 4 is 55.6 Å². The Hall–Kier alpha value is -4.03. The Labute approximate surface area is 245 Å². The van der Waals surface area contributed by atoms with Crippen molar-refractivity contribution in [2.24, 2.45) is 11.8 Å². The maximum atomic E-state index is 12.5. The molecule has 2 aromatic carbocycles. The highest BCUT2D eigenvalue weighted by molar-refractivity contribution is 7.92. The van der Waals surface area contributed by atoms with Gasteiger partial charge in [0, 0.05) is 50.7 Å². The molecule has 2 aromatic heterocycles. The van der Waals surface area contributed by atoms with E-state index in [-0.39, 0.29) is 0 Å². The number of aromatic amines is 1. The van der Waals surface area contributed by atoms with Crippen molar-refractivity contribution in [1.82, 2.24) is 19.9 Å². The lowest BCUT2D eigenvalue weighted by atomic mass is 10.0. The van der Waals surface area contributed by atoms with Gasteiger partial charge in [0.25, 0.3) is 0 Å². The first-order chi connectivity index (χ1) is 20.2. The van der Waals surface area contributed by atoms with E-state index in [1.54, 1.807) is 7.11 Å². The van der Waals surface area contributed by atoms with Crippen molar-refractivity contribution in [1.29, 1.82) is 0 Å². The number of sulfonamides is 1. The first-order valence-corrected chi connectivity index (χ1v) is 16.1. The fourth-order valence-electron chi connectivity index (χ4n) is 6.90.